The first kappa shape index (κ1) is 13.8. The molecule has 0 aliphatic heterocycles. The van der Waals surface area contributed by atoms with E-state index in [4.69, 9.17) is 0 Å². The van der Waals surface area contributed by atoms with Gasteiger partial charge in [0.25, 0.3) is 0 Å². The van der Waals surface area contributed by atoms with Gasteiger partial charge in [-0.2, -0.15) is 0 Å². The van der Waals surface area contributed by atoms with Gasteiger partial charge >= 0.3 is 0 Å². The monoisotopic (exact) mass is 267 g/mol. The molecule has 1 saturated carbocycles. The molecular weight excluding hydrogens is 242 g/mol. The Morgan fingerprint density at radius 2 is 2.17 bits per heavy atom. The first-order valence-electron chi connectivity index (χ1n) is 7.15. The summed E-state index contributed by atoms with van der Waals surface area (Å²) in [5, 5.41) is 4.67. The standard InChI is InChI=1S/C14H25N3S/c1-4-17(12-7-5-6-8-12)14-16-10-13(18-14)9-15-11(2)3/h10-12,15H,4-9H2,1-3H3. The zero-order chi connectivity index (χ0) is 13.0. The van der Waals surface area contributed by atoms with Crippen LogP contribution in [0.3, 0.4) is 0 Å². The molecule has 3 nitrogen and oxygen atoms in total. The largest absolute Gasteiger partial charge is 0.345 e. The predicted molar refractivity (Wildman–Crippen MR) is 79.4 cm³/mol. The zero-order valence-corrected chi connectivity index (χ0v) is 12.6. The van der Waals surface area contributed by atoms with Crippen LogP contribution >= 0.6 is 11.3 Å². The molecule has 0 radical (unpaired) electrons. The number of hydrogen-bond acceptors (Lipinski definition) is 4. The van der Waals surface area contributed by atoms with Crippen LogP contribution in [0.5, 0.6) is 0 Å². The topological polar surface area (TPSA) is 28.2 Å². The van der Waals surface area contributed by atoms with Crippen LogP contribution in [0.2, 0.25) is 0 Å². The highest BCUT2D eigenvalue weighted by Crippen LogP contribution is 2.30. The molecule has 1 aliphatic carbocycles. The number of nitrogens with one attached hydrogen (secondary N) is 1. The number of thiazole rings is 1. The van der Waals surface area contributed by atoms with Crippen molar-refractivity contribution in [2.24, 2.45) is 0 Å². The van der Waals surface area contributed by atoms with Gasteiger partial charge in [-0.3, -0.25) is 0 Å². The maximum Gasteiger partial charge on any atom is 0.185 e. The third kappa shape index (κ3) is 3.45. The SMILES string of the molecule is CCN(c1ncc(CNC(C)C)s1)C1CCCC1. The fourth-order valence-electron chi connectivity index (χ4n) is 2.58. The van der Waals surface area contributed by atoms with E-state index in [1.54, 1.807) is 0 Å². The van der Waals surface area contributed by atoms with E-state index in [1.807, 2.05) is 17.5 Å². The normalized spacial score (nSPS) is 16.7. The molecule has 0 aromatic carbocycles. The first-order valence-corrected chi connectivity index (χ1v) is 7.97. The first-order chi connectivity index (χ1) is 8.70. The van der Waals surface area contributed by atoms with Crippen molar-refractivity contribution in [2.75, 3.05) is 11.4 Å². The lowest BCUT2D eigenvalue weighted by Crippen LogP contribution is -2.32. The van der Waals surface area contributed by atoms with Crippen molar-refractivity contribution in [1.29, 1.82) is 0 Å². The van der Waals surface area contributed by atoms with Gasteiger partial charge in [-0.25, -0.2) is 4.98 Å². The second-order valence-corrected chi connectivity index (χ2v) is 6.46. The molecule has 0 amide bonds. The summed E-state index contributed by atoms with van der Waals surface area (Å²) in [6, 6.07) is 1.26. The average Bonchev–Trinajstić information content (AvgIpc) is 2.99. The number of anilines is 1. The van der Waals surface area contributed by atoms with Crippen molar-refractivity contribution < 1.29 is 0 Å². The molecule has 102 valence electrons. The number of nitrogens with zero attached hydrogens (tertiary/aromatic N) is 2. The van der Waals surface area contributed by atoms with Crippen molar-refractivity contribution >= 4 is 16.5 Å². The molecule has 1 aromatic rings. The van der Waals surface area contributed by atoms with Gasteiger partial charge in [0.15, 0.2) is 5.13 Å². The van der Waals surface area contributed by atoms with Gasteiger partial charge in [-0.05, 0) is 19.8 Å². The van der Waals surface area contributed by atoms with E-state index in [-0.39, 0.29) is 0 Å². The number of aromatic nitrogens is 1. The third-order valence-electron chi connectivity index (χ3n) is 3.58. The highest BCUT2D eigenvalue weighted by Gasteiger charge is 2.23. The van der Waals surface area contributed by atoms with Crippen LogP contribution in [-0.2, 0) is 6.54 Å². The quantitative estimate of drug-likeness (QED) is 0.856. The minimum absolute atomic E-state index is 0.535. The van der Waals surface area contributed by atoms with Crippen LogP contribution in [0.1, 0.15) is 51.3 Å². The summed E-state index contributed by atoms with van der Waals surface area (Å²) < 4.78 is 0. The Labute approximate surface area is 115 Å². The predicted octanol–water partition coefficient (Wildman–Crippen LogP) is 3.41. The van der Waals surface area contributed by atoms with Crippen LogP contribution in [0.4, 0.5) is 5.13 Å². The molecule has 1 aliphatic rings. The second-order valence-electron chi connectivity index (χ2n) is 5.37. The molecular formula is C14H25N3S. The molecule has 0 unspecified atom stereocenters. The molecule has 0 atom stereocenters. The molecule has 2 rings (SSSR count). The molecule has 0 saturated heterocycles. The molecule has 1 fully saturated rings. The Hall–Kier alpha value is -0.610. The summed E-state index contributed by atoms with van der Waals surface area (Å²) >= 11 is 1.85. The van der Waals surface area contributed by atoms with Gasteiger partial charge in [0, 0.05) is 36.2 Å². The van der Waals surface area contributed by atoms with Crippen LogP contribution in [-0.4, -0.2) is 23.6 Å². The van der Waals surface area contributed by atoms with Gasteiger partial charge in [0.1, 0.15) is 0 Å². The average molecular weight is 267 g/mol. The summed E-state index contributed by atoms with van der Waals surface area (Å²) in [6.07, 6.45) is 7.48. The van der Waals surface area contributed by atoms with Gasteiger partial charge < -0.3 is 10.2 Å². The maximum absolute atomic E-state index is 4.61. The summed E-state index contributed by atoms with van der Waals surface area (Å²) in [7, 11) is 0. The molecule has 1 N–H and O–H groups in total. The van der Waals surface area contributed by atoms with Crippen molar-refractivity contribution in [1.82, 2.24) is 10.3 Å². The van der Waals surface area contributed by atoms with E-state index in [0.29, 0.717) is 6.04 Å². The minimum Gasteiger partial charge on any atom is -0.345 e. The Morgan fingerprint density at radius 3 is 2.78 bits per heavy atom. The third-order valence-corrected chi connectivity index (χ3v) is 4.61. The summed E-state index contributed by atoms with van der Waals surface area (Å²) in [6.45, 7) is 8.62. The van der Waals surface area contributed by atoms with Gasteiger partial charge in [-0.15, -0.1) is 11.3 Å². The highest BCUT2D eigenvalue weighted by molar-refractivity contribution is 7.15. The van der Waals surface area contributed by atoms with Crippen molar-refractivity contribution in [3.05, 3.63) is 11.1 Å². The molecule has 1 aromatic heterocycles. The second kappa shape index (κ2) is 6.53. The molecule has 4 heteroatoms. The van der Waals surface area contributed by atoms with E-state index in [2.05, 4.69) is 36.0 Å². The van der Waals surface area contributed by atoms with E-state index >= 15 is 0 Å². The molecule has 0 bridgehead atoms. The lowest BCUT2D eigenvalue weighted by atomic mass is 10.2. The minimum atomic E-state index is 0.535. The van der Waals surface area contributed by atoms with Crippen molar-refractivity contribution in [3.63, 3.8) is 0 Å². The summed E-state index contributed by atoms with van der Waals surface area (Å²) in [4.78, 5) is 8.45. The van der Waals surface area contributed by atoms with Crippen LogP contribution < -0.4 is 10.2 Å². The van der Waals surface area contributed by atoms with Crippen LogP contribution in [0.25, 0.3) is 0 Å². The summed E-state index contributed by atoms with van der Waals surface area (Å²) in [5.74, 6) is 0. The molecule has 18 heavy (non-hydrogen) atoms. The fraction of sp³-hybridized carbons (Fsp3) is 0.786. The van der Waals surface area contributed by atoms with E-state index in [0.717, 1.165) is 19.1 Å². The van der Waals surface area contributed by atoms with Gasteiger partial charge in [-0.1, -0.05) is 26.7 Å². The number of rotatable bonds is 6. The molecule has 0 spiro atoms. The Kier molecular flexibility index (Phi) is 5.01. The Bertz CT molecular complexity index is 356. The van der Waals surface area contributed by atoms with Crippen molar-refractivity contribution in [3.8, 4) is 0 Å². The highest BCUT2D eigenvalue weighted by atomic mass is 32.1. The number of hydrogen-bond donors (Lipinski definition) is 1. The fourth-order valence-corrected chi connectivity index (χ4v) is 3.58. The zero-order valence-electron chi connectivity index (χ0n) is 11.8. The lowest BCUT2D eigenvalue weighted by Gasteiger charge is -2.26. The Morgan fingerprint density at radius 1 is 1.44 bits per heavy atom. The van der Waals surface area contributed by atoms with Gasteiger partial charge in [0.05, 0.1) is 0 Å². The maximum atomic E-state index is 4.61. The Balaban J connectivity index is 1.98. The van der Waals surface area contributed by atoms with Crippen molar-refractivity contribution in [2.45, 2.75) is 65.1 Å². The van der Waals surface area contributed by atoms with Crippen LogP contribution in [0.15, 0.2) is 6.20 Å². The lowest BCUT2D eigenvalue weighted by molar-refractivity contribution is 0.593. The molecule has 1 heterocycles. The van der Waals surface area contributed by atoms with E-state index < -0.39 is 0 Å². The van der Waals surface area contributed by atoms with E-state index in [1.165, 1.54) is 35.7 Å². The van der Waals surface area contributed by atoms with Gasteiger partial charge in [0.2, 0.25) is 0 Å². The summed E-state index contributed by atoms with van der Waals surface area (Å²) in [5.41, 5.74) is 0. The smallest absolute Gasteiger partial charge is 0.185 e. The van der Waals surface area contributed by atoms with Crippen LogP contribution in [0, 0.1) is 0 Å². The van der Waals surface area contributed by atoms with E-state index in [9.17, 15) is 0 Å².